The quantitative estimate of drug-likeness (QED) is 0.726. The molecule has 1 aromatic rings. The summed E-state index contributed by atoms with van der Waals surface area (Å²) in [5.41, 5.74) is 1.71. The molecule has 0 bridgehead atoms. The minimum Gasteiger partial charge on any atom is -0.396 e. The Bertz CT molecular complexity index is 190. The third kappa shape index (κ3) is 3.18. The number of nitrogens with zero attached hydrogens (tertiary/aromatic N) is 2. The van der Waals surface area contributed by atoms with Gasteiger partial charge in [-0.05, 0) is 5.92 Å². The zero-order valence-electron chi connectivity index (χ0n) is 6.23. The lowest BCUT2D eigenvalue weighted by Gasteiger charge is -2.03. The van der Waals surface area contributed by atoms with Crippen molar-refractivity contribution in [2.75, 3.05) is 12.4 Å². The molecule has 0 aliphatic heterocycles. The van der Waals surface area contributed by atoms with Crippen LogP contribution in [0.15, 0.2) is 9.85 Å². The second-order valence-corrected chi connectivity index (χ2v) is 4.40. The molecule has 3 nitrogen and oxygen atoms in total. The van der Waals surface area contributed by atoms with E-state index in [0.717, 1.165) is 10.1 Å². The first-order valence-corrected chi connectivity index (χ1v) is 5.19. The summed E-state index contributed by atoms with van der Waals surface area (Å²) in [6, 6.07) is 0. The van der Waals surface area contributed by atoms with Crippen LogP contribution in [0.1, 0.15) is 6.92 Å². The van der Waals surface area contributed by atoms with Gasteiger partial charge in [0.2, 0.25) is 0 Å². The molecule has 0 radical (unpaired) electrons. The number of hydrogen-bond acceptors (Lipinski definition) is 5. The average molecular weight is 190 g/mol. The first-order valence-electron chi connectivity index (χ1n) is 3.32. The second kappa shape index (κ2) is 4.69. The molecule has 62 valence electrons. The summed E-state index contributed by atoms with van der Waals surface area (Å²) in [7, 11) is 0. The van der Waals surface area contributed by atoms with E-state index >= 15 is 0 Å². The summed E-state index contributed by atoms with van der Waals surface area (Å²) in [6.07, 6.45) is 0. The molecular weight excluding hydrogens is 180 g/mol. The van der Waals surface area contributed by atoms with Crippen molar-refractivity contribution in [1.82, 2.24) is 10.2 Å². The van der Waals surface area contributed by atoms with Crippen LogP contribution in [0.5, 0.6) is 0 Å². The van der Waals surface area contributed by atoms with Gasteiger partial charge in [0, 0.05) is 12.4 Å². The predicted octanol–water partition coefficient (Wildman–Crippen LogP) is 1.26. The van der Waals surface area contributed by atoms with Gasteiger partial charge in [0.15, 0.2) is 4.34 Å². The van der Waals surface area contributed by atoms with Crippen LogP contribution in [0, 0.1) is 5.92 Å². The highest BCUT2D eigenvalue weighted by Crippen LogP contribution is 2.20. The smallest absolute Gasteiger partial charge is 0.174 e. The zero-order chi connectivity index (χ0) is 8.10. The molecule has 0 saturated heterocycles. The Morgan fingerprint density at radius 2 is 2.64 bits per heavy atom. The van der Waals surface area contributed by atoms with Crippen LogP contribution in [0.2, 0.25) is 0 Å². The summed E-state index contributed by atoms with van der Waals surface area (Å²) < 4.78 is 0.977. The third-order valence-electron chi connectivity index (χ3n) is 1.14. The first kappa shape index (κ1) is 8.96. The molecule has 1 rings (SSSR count). The average Bonchev–Trinajstić information content (AvgIpc) is 2.52. The Morgan fingerprint density at radius 3 is 3.18 bits per heavy atom. The molecule has 0 aromatic carbocycles. The number of rotatable bonds is 4. The Morgan fingerprint density at radius 1 is 1.82 bits per heavy atom. The largest absolute Gasteiger partial charge is 0.396 e. The molecule has 5 heteroatoms. The van der Waals surface area contributed by atoms with E-state index in [1.165, 1.54) is 11.3 Å². The Labute approximate surface area is 73.9 Å². The lowest BCUT2D eigenvalue weighted by molar-refractivity contribution is 0.250. The van der Waals surface area contributed by atoms with Gasteiger partial charge in [0.05, 0.1) is 0 Å². The van der Waals surface area contributed by atoms with Crippen molar-refractivity contribution in [3.8, 4) is 0 Å². The molecule has 1 heterocycles. The third-order valence-corrected chi connectivity index (χ3v) is 3.33. The van der Waals surface area contributed by atoms with Crippen LogP contribution in [-0.2, 0) is 0 Å². The Hall–Kier alpha value is -0.130. The van der Waals surface area contributed by atoms with E-state index in [9.17, 15) is 0 Å². The van der Waals surface area contributed by atoms with Crippen molar-refractivity contribution < 1.29 is 5.11 Å². The van der Waals surface area contributed by atoms with Gasteiger partial charge in [-0.15, -0.1) is 10.2 Å². The molecule has 11 heavy (non-hydrogen) atoms. The van der Waals surface area contributed by atoms with Gasteiger partial charge in [-0.3, -0.25) is 0 Å². The van der Waals surface area contributed by atoms with Gasteiger partial charge in [0.1, 0.15) is 5.51 Å². The number of aliphatic hydroxyl groups is 1. The molecule has 0 saturated carbocycles. The van der Waals surface area contributed by atoms with Gasteiger partial charge in [-0.2, -0.15) is 0 Å². The van der Waals surface area contributed by atoms with Crippen LogP contribution in [0.4, 0.5) is 0 Å². The molecule has 0 amide bonds. The van der Waals surface area contributed by atoms with E-state index in [2.05, 4.69) is 10.2 Å². The molecule has 1 N–H and O–H groups in total. The van der Waals surface area contributed by atoms with Crippen molar-refractivity contribution in [2.45, 2.75) is 11.3 Å². The minimum absolute atomic E-state index is 0.242. The maximum Gasteiger partial charge on any atom is 0.174 e. The lowest BCUT2D eigenvalue weighted by atomic mass is 10.2. The van der Waals surface area contributed by atoms with Crippen molar-refractivity contribution in [3.05, 3.63) is 5.51 Å². The number of aliphatic hydroxyl groups excluding tert-OH is 1. The van der Waals surface area contributed by atoms with Gasteiger partial charge in [-0.25, -0.2) is 0 Å². The SMILES string of the molecule is CC(CO)CSc1nncs1. The summed E-state index contributed by atoms with van der Waals surface area (Å²) in [5.74, 6) is 1.25. The van der Waals surface area contributed by atoms with Crippen LogP contribution in [0.25, 0.3) is 0 Å². The summed E-state index contributed by atoms with van der Waals surface area (Å²) in [4.78, 5) is 0. The molecule has 1 atom stereocenters. The van der Waals surface area contributed by atoms with Gasteiger partial charge >= 0.3 is 0 Å². The topological polar surface area (TPSA) is 46.0 Å². The highest BCUT2D eigenvalue weighted by molar-refractivity contribution is 8.01. The second-order valence-electron chi connectivity index (χ2n) is 2.30. The fourth-order valence-electron chi connectivity index (χ4n) is 0.492. The predicted molar refractivity (Wildman–Crippen MR) is 46.9 cm³/mol. The summed E-state index contributed by atoms with van der Waals surface area (Å²) in [5, 5.41) is 16.3. The molecule has 0 aliphatic carbocycles. The van der Waals surface area contributed by atoms with E-state index in [0.29, 0.717) is 5.92 Å². The number of aromatic nitrogens is 2. The van der Waals surface area contributed by atoms with E-state index < -0.39 is 0 Å². The zero-order valence-corrected chi connectivity index (χ0v) is 7.86. The van der Waals surface area contributed by atoms with Crippen molar-refractivity contribution in [2.24, 2.45) is 5.92 Å². The van der Waals surface area contributed by atoms with Gasteiger partial charge < -0.3 is 5.11 Å². The molecule has 0 fully saturated rings. The fraction of sp³-hybridized carbons (Fsp3) is 0.667. The molecule has 1 aromatic heterocycles. The van der Waals surface area contributed by atoms with E-state index in [1.807, 2.05) is 6.92 Å². The van der Waals surface area contributed by atoms with Crippen LogP contribution in [-0.4, -0.2) is 27.7 Å². The van der Waals surface area contributed by atoms with Crippen LogP contribution >= 0.6 is 23.1 Å². The monoisotopic (exact) mass is 190 g/mol. The highest BCUT2D eigenvalue weighted by atomic mass is 32.2. The normalized spacial score (nSPS) is 13.3. The molecular formula is C6H10N2OS2. The van der Waals surface area contributed by atoms with Gasteiger partial charge in [0.25, 0.3) is 0 Å². The summed E-state index contributed by atoms with van der Waals surface area (Å²) in [6.45, 7) is 2.25. The highest BCUT2D eigenvalue weighted by Gasteiger charge is 2.02. The molecule has 0 aliphatic rings. The number of thioether (sulfide) groups is 1. The van der Waals surface area contributed by atoms with Gasteiger partial charge in [-0.1, -0.05) is 30.0 Å². The van der Waals surface area contributed by atoms with E-state index in [-0.39, 0.29) is 6.61 Å². The Kier molecular flexibility index (Phi) is 3.82. The van der Waals surface area contributed by atoms with E-state index in [4.69, 9.17) is 5.11 Å². The van der Waals surface area contributed by atoms with Crippen molar-refractivity contribution in [3.63, 3.8) is 0 Å². The van der Waals surface area contributed by atoms with Crippen molar-refractivity contribution in [1.29, 1.82) is 0 Å². The van der Waals surface area contributed by atoms with E-state index in [1.54, 1.807) is 17.3 Å². The first-order chi connectivity index (χ1) is 5.33. The molecule has 1 unspecified atom stereocenters. The lowest BCUT2D eigenvalue weighted by Crippen LogP contribution is -2.02. The maximum absolute atomic E-state index is 8.72. The fourth-order valence-corrected chi connectivity index (χ4v) is 2.01. The summed E-state index contributed by atoms with van der Waals surface area (Å²) >= 11 is 3.18. The van der Waals surface area contributed by atoms with Crippen molar-refractivity contribution >= 4 is 23.1 Å². The minimum atomic E-state index is 0.242. The maximum atomic E-state index is 8.72. The standard InChI is InChI=1S/C6H10N2OS2/c1-5(2-9)3-10-6-8-7-4-11-6/h4-5,9H,2-3H2,1H3. The molecule has 0 spiro atoms. The Balaban J connectivity index is 2.23. The van der Waals surface area contributed by atoms with Crippen LogP contribution in [0.3, 0.4) is 0 Å². The van der Waals surface area contributed by atoms with Crippen LogP contribution < -0.4 is 0 Å². The number of hydrogen-bond donors (Lipinski definition) is 1.